The molecule has 0 aliphatic rings. The van der Waals surface area contributed by atoms with Crippen LogP contribution in [0, 0.1) is 3.57 Å². The summed E-state index contributed by atoms with van der Waals surface area (Å²) >= 11 is 2.12. The summed E-state index contributed by atoms with van der Waals surface area (Å²) < 4.78 is 0.947. The number of rotatable bonds is 5. The summed E-state index contributed by atoms with van der Waals surface area (Å²) in [7, 11) is -1.56. The van der Waals surface area contributed by atoms with Crippen molar-refractivity contribution in [2.45, 2.75) is 31.7 Å². The van der Waals surface area contributed by atoms with Gasteiger partial charge in [0.25, 0.3) is 5.91 Å². The molecule has 0 fully saturated rings. The molecule has 0 saturated carbocycles. The van der Waals surface area contributed by atoms with Gasteiger partial charge in [0.2, 0.25) is 0 Å². The van der Waals surface area contributed by atoms with E-state index in [-0.39, 0.29) is 5.91 Å². The van der Waals surface area contributed by atoms with Gasteiger partial charge in [-0.05, 0) is 46.8 Å². The normalized spacial score (nSPS) is 12.8. The highest BCUT2D eigenvalue weighted by atomic mass is 127. The smallest absolute Gasteiger partial charge is 0.325 e. The molecule has 0 spiro atoms. The van der Waals surface area contributed by atoms with Gasteiger partial charge in [-0.15, -0.1) is 0 Å². The van der Waals surface area contributed by atoms with Gasteiger partial charge in [0, 0.05) is 17.2 Å². The van der Waals surface area contributed by atoms with E-state index in [1.165, 1.54) is 0 Å². The standard InChI is InChI=1S/C13H18INO3Si/c1-19(2,3)8-11(13(17)18)15-12(16)9-5-4-6-10(14)7-9/h4-7,11H,8H2,1-3H3,(H,15,16)(H,17,18)/t11-/m1/s1. The van der Waals surface area contributed by atoms with Gasteiger partial charge >= 0.3 is 5.97 Å². The Morgan fingerprint density at radius 3 is 2.47 bits per heavy atom. The van der Waals surface area contributed by atoms with Crippen LogP contribution in [-0.4, -0.2) is 31.1 Å². The topological polar surface area (TPSA) is 66.4 Å². The molecule has 0 bridgehead atoms. The Hall–Kier alpha value is -0.893. The molecular weight excluding hydrogens is 373 g/mol. The first-order valence-electron chi connectivity index (χ1n) is 5.98. The molecule has 0 radical (unpaired) electrons. The number of halogens is 1. The first-order chi connectivity index (χ1) is 8.69. The third-order valence-corrected chi connectivity index (χ3v) is 4.81. The summed E-state index contributed by atoms with van der Waals surface area (Å²) in [4.78, 5) is 23.3. The lowest BCUT2D eigenvalue weighted by Gasteiger charge is -2.22. The summed E-state index contributed by atoms with van der Waals surface area (Å²) in [5.74, 6) is -1.30. The Kier molecular flexibility index (Phi) is 5.54. The maximum atomic E-state index is 12.0. The van der Waals surface area contributed by atoms with Crippen LogP contribution in [0.2, 0.25) is 25.7 Å². The minimum Gasteiger partial charge on any atom is -0.480 e. The molecule has 0 heterocycles. The highest BCUT2D eigenvalue weighted by Crippen LogP contribution is 2.13. The Morgan fingerprint density at radius 2 is 2.00 bits per heavy atom. The Balaban J connectivity index is 2.80. The van der Waals surface area contributed by atoms with E-state index in [0.717, 1.165) is 3.57 Å². The molecule has 1 atom stereocenters. The predicted octanol–water partition coefficient (Wildman–Crippen LogP) is 2.81. The van der Waals surface area contributed by atoms with Gasteiger partial charge in [-0.3, -0.25) is 9.59 Å². The molecule has 0 saturated heterocycles. The molecular formula is C13H18INO3Si. The molecule has 104 valence electrons. The van der Waals surface area contributed by atoms with E-state index in [1.54, 1.807) is 18.2 Å². The van der Waals surface area contributed by atoms with Crippen molar-refractivity contribution in [3.63, 3.8) is 0 Å². The predicted molar refractivity (Wildman–Crippen MR) is 86.2 cm³/mol. The monoisotopic (exact) mass is 391 g/mol. The van der Waals surface area contributed by atoms with Crippen molar-refractivity contribution in [2.75, 3.05) is 0 Å². The highest BCUT2D eigenvalue weighted by Gasteiger charge is 2.27. The van der Waals surface area contributed by atoms with Gasteiger partial charge in [-0.1, -0.05) is 25.7 Å². The number of carboxylic acids is 1. The highest BCUT2D eigenvalue weighted by molar-refractivity contribution is 14.1. The number of carbonyl (C=O) groups excluding carboxylic acids is 1. The van der Waals surface area contributed by atoms with E-state index < -0.39 is 20.1 Å². The van der Waals surface area contributed by atoms with Crippen LogP contribution in [-0.2, 0) is 4.79 Å². The number of amides is 1. The Morgan fingerprint density at radius 1 is 1.37 bits per heavy atom. The van der Waals surface area contributed by atoms with Crippen molar-refractivity contribution < 1.29 is 14.7 Å². The third kappa shape index (κ3) is 5.73. The number of carboxylic acid groups (broad SMARTS) is 1. The van der Waals surface area contributed by atoms with Crippen LogP contribution in [0.1, 0.15) is 10.4 Å². The van der Waals surface area contributed by atoms with Gasteiger partial charge in [0.15, 0.2) is 0 Å². The van der Waals surface area contributed by atoms with Crippen molar-refractivity contribution in [1.29, 1.82) is 0 Å². The summed E-state index contributed by atoms with van der Waals surface area (Å²) in [5.41, 5.74) is 0.494. The van der Waals surface area contributed by atoms with Crippen LogP contribution >= 0.6 is 22.6 Å². The first kappa shape index (κ1) is 16.2. The molecule has 19 heavy (non-hydrogen) atoms. The maximum Gasteiger partial charge on any atom is 0.325 e. The fourth-order valence-electron chi connectivity index (χ4n) is 1.68. The molecule has 2 N–H and O–H groups in total. The molecule has 0 aliphatic carbocycles. The van der Waals surface area contributed by atoms with E-state index in [2.05, 4.69) is 47.5 Å². The quantitative estimate of drug-likeness (QED) is 0.599. The average molecular weight is 391 g/mol. The molecule has 0 aliphatic heterocycles. The summed E-state index contributed by atoms with van der Waals surface area (Å²) in [5, 5.41) is 11.8. The lowest BCUT2D eigenvalue weighted by atomic mass is 10.2. The number of benzene rings is 1. The number of hydrogen-bond donors (Lipinski definition) is 2. The van der Waals surface area contributed by atoms with Crippen molar-refractivity contribution in [3.8, 4) is 0 Å². The van der Waals surface area contributed by atoms with Gasteiger partial charge in [-0.25, -0.2) is 0 Å². The van der Waals surface area contributed by atoms with Crippen molar-refractivity contribution in [2.24, 2.45) is 0 Å². The second-order valence-corrected chi connectivity index (χ2v) is 12.4. The number of nitrogens with one attached hydrogen (secondary N) is 1. The summed E-state index contributed by atoms with van der Waals surface area (Å²) in [6.07, 6.45) is 0. The van der Waals surface area contributed by atoms with Gasteiger partial charge < -0.3 is 10.4 Å². The molecule has 6 heteroatoms. The number of carbonyl (C=O) groups is 2. The van der Waals surface area contributed by atoms with Crippen molar-refractivity contribution in [3.05, 3.63) is 33.4 Å². The number of hydrogen-bond acceptors (Lipinski definition) is 2. The lowest BCUT2D eigenvalue weighted by Crippen LogP contribution is -2.45. The van der Waals surface area contributed by atoms with E-state index in [1.807, 2.05) is 6.07 Å². The maximum absolute atomic E-state index is 12.0. The van der Waals surface area contributed by atoms with Crippen LogP contribution in [0.25, 0.3) is 0 Å². The van der Waals surface area contributed by atoms with E-state index >= 15 is 0 Å². The minimum absolute atomic E-state index is 0.329. The molecule has 1 aromatic rings. The second-order valence-electron chi connectivity index (χ2n) is 5.64. The number of aliphatic carboxylic acids is 1. The lowest BCUT2D eigenvalue weighted by molar-refractivity contribution is -0.138. The molecule has 0 aromatic heterocycles. The van der Waals surface area contributed by atoms with Gasteiger partial charge in [-0.2, -0.15) is 0 Å². The van der Waals surface area contributed by atoms with Crippen molar-refractivity contribution >= 4 is 42.5 Å². The van der Waals surface area contributed by atoms with E-state index in [0.29, 0.717) is 11.6 Å². The van der Waals surface area contributed by atoms with Crippen LogP contribution in [0.5, 0.6) is 0 Å². The second kappa shape index (κ2) is 6.51. The fourth-order valence-corrected chi connectivity index (χ4v) is 3.73. The van der Waals surface area contributed by atoms with E-state index in [9.17, 15) is 14.7 Å². The molecule has 1 rings (SSSR count). The van der Waals surface area contributed by atoms with Gasteiger partial charge in [0.05, 0.1) is 0 Å². The van der Waals surface area contributed by atoms with Gasteiger partial charge in [0.1, 0.15) is 6.04 Å². The van der Waals surface area contributed by atoms with Crippen LogP contribution in [0.15, 0.2) is 24.3 Å². The van der Waals surface area contributed by atoms with Crippen LogP contribution in [0.4, 0.5) is 0 Å². The molecule has 0 unspecified atom stereocenters. The summed E-state index contributed by atoms with van der Waals surface area (Å²) in [6.45, 7) is 6.25. The third-order valence-electron chi connectivity index (χ3n) is 2.51. The Bertz CT molecular complexity index is 485. The zero-order valence-electron chi connectivity index (χ0n) is 11.2. The first-order valence-corrected chi connectivity index (χ1v) is 10.8. The molecule has 4 nitrogen and oxygen atoms in total. The molecule has 1 aromatic carbocycles. The van der Waals surface area contributed by atoms with Crippen molar-refractivity contribution in [1.82, 2.24) is 5.32 Å². The van der Waals surface area contributed by atoms with E-state index in [4.69, 9.17) is 0 Å². The fraction of sp³-hybridized carbons (Fsp3) is 0.385. The Labute approximate surface area is 127 Å². The van der Waals surface area contributed by atoms with Crippen LogP contribution in [0.3, 0.4) is 0 Å². The molecule has 1 amide bonds. The minimum atomic E-state index is -1.56. The van der Waals surface area contributed by atoms with Crippen LogP contribution < -0.4 is 5.32 Å². The zero-order valence-corrected chi connectivity index (χ0v) is 14.4. The largest absolute Gasteiger partial charge is 0.480 e. The average Bonchev–Trinajstić information content (AvgIpc) is 2.26. The summed E-state index contributed by atoms with van der Waals surface area (Å²) in [6, 6.07) is 6.81. The zero-order chi connectivity index (χ0) is 14.6. The SMILES string of the molecule is C[Si](C)(C)C[C@@H](NC(=O)c1cccc(I)c1)C(=O)O.